The first-order valence-corrected chi connectivity index (χ1v) is 10.3. The van der Waals surface area contributed by atoms with Gasteiger partial charge in [0.1, 0.15) is 5.75 Å². The number of aliphatic imine (C=N–C) groups is 1. The Bertz CT molecular complexity index is 634. The van der Waals surface area contributed by atoms with E-state index in [1.165, 1.54) is 6.07 Å². The van der Waals surface area contributed by atoms with Gasteiger partial charge in [0.25, 0.3) is 0 Å². The number of hydrogen-bond acceptors (Lipinski definition) is 3. The highest BCUT2D eigenvalue weighted by Crippen LogP contribution is 2.23. The molecule has 0 bridgehead atoms. The van der Waals surface area contributed by atoms with Crippen molar-refractivity contribution in [2.45, 2.75) is 57.1 Å². The number of ether oxygens (including phenoxy) is 1. The molecule has 3 unspecified atom stereocenters. The van der Waals surface area contributed by atoms with E-state index in [4.69, 9.17) is 0 Å². The molecule has 0 heterocycles. The van der Waals surface area contributed by atoms with E-state index >= 15 is 0 Å². The fraction of sp³-hybridized carbons (Fsp3) is 0.611. The zero-order chi connectivity index (χ0) is 18.9. The van der Waals surface area contributed by atoms with E-state index in [1.807, 2.05) is 13.0 Å². The van der Waals surface area contributed by atoms with Crippen LogP contribution in [-0.4, -0.2) is 40.9 Å². The second kappa shape index (κ2) is 12.5. The molecular formula is C18H28F2IN3O2S. The number of alkyl halides is 2. The smallest absolute Gasteiger partial charge is 0.387 e. The number of benzene rings is 1. The number of nitrogens with zero attached hydrogens (tertiary/aromatic N) is 1. The van der Waals surface area contributed by atoms with E-state index < -0.39 is 17.4 Å². The molecule has 0 aromatic heterocycles. The molecule has 9 heteroatoms. The van der Waals surface area contributed by atoms with Crippen LogP contribution in [0.15, 0.2) is 29.3 Å². The van der Waals surface area contributed by atoms with Gasteiger partial charge in [0.15, 0.2) is 5.96 Å². The molecule has 2 N–H and O–H groups in total. The highest BCUT2D eigenvalue weighted by atomic mass is 127. The van der Waals surface area contributed by atoms with Gasteiger partial charge in [-0.15, -0.1) is 24.0 Å². The van der Waals surface area contributed by atoms with Crippen molar-refractivity contribution < 1.29 is 17.7 Å². The fourth-order valence-corrected chi connectivity index (χ4v) is 4.50. The van der Waals surface area contributed by atoms with Crippen molar-refractivity contribution in [1.82, 2.24) is 10.6 Å². The molecule has 1 aliphatic rings. The number of rotatable bonds is 7. The first-order chi connectivity index (χ1) is 12.5. The number of halogens is 3. The van der Waals surface area contributed by atoms with Crippen LogP contribution in [0.4, 0.5) is 8.78 Å². The lowest BCUT2D eigenvalue weighted by Crippen LogP contribution is -2.46. The third-order valence-corrected chi connectivity index (χ3v) is 6.17. The first-order valence-electron chi connectivity index (χ1n) is 8.90. The van der Waals surface area contributed by atoms with E-state index in [2.05, 4.69) is 20.4 Å². The molecule has 3 atom stereocenters. The Kier molecular flexibility index (Phi) is 11.1. The van der Waals surface area contributed by atoms with Crippen molar-refractivity contribution in [2.24, 2.45) is 4.99 Å². The predicted octanol–water partition coefficient (Wildman–Crippen LogP) is 3.65. The predicted molar refractivity (Wildman–Crippen MR) is 117 cm³/mol. The highest BCUT2D eigenvalue weighted by Gasteiger charge is 2.26. The summed E-state index contributed by atoms with van der Waals surface area (Å²) in [5.74, 6) is 1.49. The summed E-state index contributed by atoms with van der Waals surface area (Å²) in [7, 11) is 0.923. The summed E-state index contributed by atoms with van der Waals surface area (Å²) in [6.45, 7) is -0.433. The molecule has 0 aliphatic heterocycles. The lowest BCUT2D eigenvalue weighted by Gasteiger charge is -2.30. The van der Waals surface area contributed by atoms with Crippen LogP contribution >= 0.6 is 24.0 Å². The van der Waals surface area contributed by atoms with Crippen LogP contribution < -0.4 is 15.4 Å². The number of hydrogen-bond donors (Lipinski definition) is 2. The van der Waals surface area contributed by atoms with Gasteiger partial charge in [0.05, 0.1) is 0 Å². The van der Waals surface area contributed by atoms with Crippen LogP contribution in [-0.2, 0) is 17.3 Å². The third-order valence-electron chi connectivity index (χ3n) is 4.43. The summed E-state index contributed by atoms with van der Waals surface area (Å²) in [4.78, 5) is 4.23. The maximum Gasteiger partial charge on any atom is 0.387 e. The largest absolute Gasteiger partial charge is 0.435 e. The Morgan fingerprint density at radius 1 is 1.41 bits per heavy atom. The van der Waals surface area contributed by atoms with Gasteiger partial charge in [-0.25, -0.2) is 0 Å². The van der Waals surface area contributed by atoms with E-state index in [-0.39, 0.29) is 41.0 Å². The minimum Gasteiger partial charge on any atom is -0.435 e. The van der Waals surface area contributed by atoms with Gasteiger partial charge >= 0.3 is 6.61 Å². The lowest BCUT2D eigenvalue weighted by atomic mass is 9.95. The summed E-state index contributed by atoms with van der Waals surface area (Å²) >= 11 is 0. The van der Waals surface area contributed by atoms with Gasteiger partial charge in [-0.2, -0.15) is 8.78 Å². The van der Waals surface area contributed by atoms with Crippen molar-refractivity contribution in [2.75, 3.05) is 12.8 Å². The Balaban J connectivity index is 0.00000364. The summed E-state index contributed by atoms with van der Waals surface area (Å²) in [5, 5.41) is 6.82. The fourth-order valence-electron chi connectivity index (χ4n) is 3.16. The van der Waals surface area contributed by atoms with E-state index in [1.54, 1.807) is 19.2 Å². The van der Waals surface area contributed by atoms with Gasteiger partial charge in [-0.05, 0) is 37.0 Å². The van der Waals surface area contributed by atoms with Crippen molar-refractivity contribution >= 4 is 40.7 Å². The molecular weight excluding hydrogens is 487 g/mol. The minimum absolute atomic E-state index is 0. The second-order valence-corrected chi connectivity index (χ2v) is 8.26. The molecule has 0 saturated heterocycles. The molecule has 1 fully saturated rings. The van der Waals surface area contributed by atoms with Crippen LogP contribution in [0.25, 0.3) is 0 Å². The number of guanidine groups is 1. The molecule has 0 amide bonds. The monoisotopic (exact) mass is 515 g/mol. The summed E-state index contributed by atoms with van der Waals surface area (Å²) in [5.41, 5.74) is 0.819. The zero-order valence-corrected chi connectivity index (χ0v) is 18.8. The minimum atomic E-state index is -2.83. The van der Waals surface area contributed by atoms with Crippen LogP contribution in [0.3, 0.4) is 0 Å². The molecule has 2 rings (SSSR count). The Morgan fingerprint density at radius 3 is 2.85 bits per heavy atom. The Morgan fingerprint density at radius 2 is 2.19 bits per heavy atom. The summed E-state index contributed by atoms with van der Waals surface area (Å²) < 4.78 is 41.1. The van der Waals surface area contributed by atoms with Crippen molar-refractivity contribution in [3.8, 4) is 5.75 Å². The van der Waals surface area contributed by atoms with Crippen LogP contribution in [0, 0.1) is 0 Å². The van der Waals surface area contributed by atoms with Crippen LogP contribution in [0.5, 0.6) is 5.75 Å². The standard InChI is InChI=1S/C18H27F2N3O2S.HI/c1-3-26(24)16-9-5-7-14(11-16)23-18(21-2)22-12-13-6-4-8-15(10-13)25-17(19)20;/h4,6,8,10,14,16-17H,3,5,7,9,11-12H2,1-2H3,(H2,21,22,23);1H. The quantitative estimate of drug-likeness (QED) is 0.331. The maximum atomic E-state index is 12.3. The van der Waals surface area contributed by atoms with Crippen LogP contribution in [0.1, 0.15) is 38.2 Å². The van der Waals surface area contributed by atoms with E-state index in [9.17, 15) is 13.0 Å². The Labute approximate surface area is 179 Å². The average molecular weight is 515 g/mol. The normalized spacial score (nSPS) is 21.3. The van der Waals surface area contributed by atoms with Crippen LogP contribution in [0.2, 0.25) is 0 Å². The van der Waals surface area contributed by atoms with Crippen molar-refractivity contribution in [3.63, 3.8) is 0 Å². The topological polar surface area (TPSA) is 62.7 Å². The van der Waals surface area contributed by atoms with Gasteiger partial charge < -0.3 is 15.4 Å². The highest BCUT2D eigenvalue weighted by molar-refractivity contribution is 14.0. The van der Waals surface area contributed by atoms with E-state index in [0.717, 1.165) is 31.2 Å². The maximum absolute atomic E-state index is 12.3. The van der Waals surface area contributed by atoms with Gasteiger partial charge in [-0.1, -0.05) is 25.5 Å². The Hall–Kier alpha value is -0.970. The zero-order valence-electron chi connectivity index (χ0n) is 15.6. The van der Waals surface area contributed by atoms with Crippen molar-refractivity contribution in [1.29, 1.82) is 0 Å². The molecule has 0 radical (unpaired) electrons. The second-order valence-electron chi connectivity index (χ2n) is 6.25. The van der Waals surface area contributed by atoms with E-state index in [0.29, 0.717) is 18.3 Å². The molecule has 1 saturated carbocycles. The summed E-state index contributed by atoms with van der Waals surface area (Å²) in [6, 6.07) is 6.83. The third kappa shape index (κ3) is 8.28. The SMILES string of the molecule is CCS(=O)C1CCCC(NC(=NC)NCc2cccc(OC(F)F)c2)C1.I. The van der Waals surface area contributed by atoms with Gasteiger partial charge in [-0.3, -0.25) is 9.20 Å². The molecule has 154 valence electrons. The average Bonchev–Trinajstić information content (AvgIpc) is 2.64. The molecule has 27 heavy (non-hydrogen) atoms. The van der Waals surface area contributed by atoms with Gasteiger partial charge in [0.2, 0.25) is 0 Å². The molecule has 0 spiro atoms. The van der Waals surface area contributed by atoms with Crippen molar-refractivity contribution in [3.05, 3.63) is 29.8 Å². The van der Waals surface area contributed by atoms with Gasteiger partial charge in [0, 0.05) is 41.4 Å². The molecule has 5 nitrogen and oxygen atoms in total. The number of nitrogens with one attached hydrogen (secondary N) is 2. The molecule has 1 aromatic rings. The first kappa shape index (κ1) is 24.1. The molecule has 1 aromatic carbocycles. The summed E-state index contributed by atoms with van der Waals surface area (Å²) in [6.07, 6.45) is 3.97. The molecule has 1 aliphatic carbocycles. The lowest BCUT2D eigenvalue weighted by molar-refractivity contribution is -0.0498.